The van der Waals surface area contributed by atoms with Gasteiger partial charge in [0.05, 0.1) is 19.9 Å². The van der Waals surface area contributed by atoms with Crippen LogP contribution in [-0.2, 0) is 32.0 Å². The van der Waals surface area contributed by atoms with E-state index in [0.29, 0.717) is 51.9 Å². The predicted molar refractivity (Wildman–Crippen MR) is 207 cm³/mol. The molecule has 53 heavy (non-hydrogen) atoms. The molecule has 0 spiro atoms. The van der Waals surface area contributed by atoms with Crippen molar-refractivity contribution in [3.05, 3.63) is 139 Å². The second kappa shape index (κ2) is 19.1. The van der Waals surface area contributed by atoms with Gasteiger partial charge in [-0.05, 0) is 101 Å². The van der Waals surface area contributed by atoms with Gasteiger partial charge < -0.3 is 9.47 Å². The number of hydrogen-bond acceptors (Lipinski definition) is 10. The molecule has 2 aliphatic rings. The highest BCUT2D eigenvalue weighted by molar-refractivity contribution is 8.18. The molecule has 2 saturated heterocycles. The number of benzene rings is 4. The van der Waals surface area contributed by atoms with Gasteiger partial charge >= 0.3 is 11.9 Å². The molecule has 0 unspecified atom stereocenters. The molecule has 4 aromatic rings. The van der Waals surface area contributed by atoms with Gasteiger partial charge in [-0.3, -0.25) is 39.4 Å². The lowest BCUT2D eigenvalue weighted by Gasteiger charge is -2.07. The first-order valence-electron chi connectivity index (χ1n) is 16.1. The smallest absolute Gasteiger partial charge is 0.311 e. The van der Waals surface area contributed by atoms with E-state index in [9.17, 15) is 28.8 Å². The summed E-state index contributed by atoms with van der Waals surface area (Å²) in [6, 6.07) is 29.1. The Bertz CT molecular complexity index is 2110. The first-order valence-corrected chi connectivity index (χ1v) is 18.5. The monoisotopic (exact) mass is 788 g/mol. The highest BCUT2D eigenvalue weighted by atomic mass is 35.5. The van der Waals surface area contributed by atoms with Crippen molar-refractivity contribution in [1.82, 2.24) is 10.6 Å². The number of halogens is 2. The van der Waals surface area contributed by atoms with Gasteiger partial charge in [-0.25, -0.2) is 0 Å². The third-order valence-corrected chi connectivity index (χ3v) is 9.69. The quantitative estimate of drug-likeness (QED) is 0.0860. The maximum Gasteiger partial charge on any atom is 0.311 e. The molecule has 4 aromatic carbocycles. The number of ether oxygens (including phenoxy) is 2. The SMILES string of the molecule is O=C(CCCc1ccccc1)Oc1ccc(/C=C2\SC(=O)NC2=O)c(Cl)c1.O=C(CCc1ccccc1)Oc1ccc(/C=C2\SC(=O)NC2=O)c(Cl)c1. The second-order valence-electron chi connectivity index (χ2n) is 11.3. The van der Waals surface area contributed by atoms with Crippen molar-refractivity contribution in [3.8, 4) is 11.5 Å². The number of nitrogens with one attached hydrogen (secondary N) is 2. The van der Waals surface area contributed by atoms with Crippen LogP contribution in [0.5, 0.6) is 11.5 Å². The molecule has 0 atom stereocenters. The molecule has 0 bridgehead atoms. The van der Waals surface area contributed by atoms with Crippen LogP contribution in [0.3, 0.4) is 0 Å². The van der Waals surface area contributed by atoms with Crippen LogP contribution in [0.25, 0.3) is 12.2 Å². The number of thioether (sulfide) groups is 2. The van der Waals surface area contributed by atoms with Crippen LogP contribution in [0.1, 0.15) is 41.5 Å². The van der Waals surface area contributed by atoms with Crippen molar-refractivity contribution in [2.24, 2.45) is 0 Å². The van der Waals surface area contributed by atoms with Crippen LogP contribution in [0.15, 0.2) is 107 Å². The molecule has 14 heteroatoms. The Hall–Kier alpha value is -5.14. The van der Waals surface area contributed by atoms with Gasteiger partial charge in [-0.15, -0.1) is 0 Å². The van der Waals surface area contributed by atoms with E-state index in [1.54, 1.807) is 24.3 Å². The summed E-state index contributed by atoms with van der Waals surface area (Å²) < 4.78 is 10.6. The molecule has 2 aliphatic heterocycles. The summed E-state index contributed by atoms with van der Waals surface area (Å²) in [5.74, 6) is -0.916. The molecule has 270 valence electrons. The fourth-order valence-electron chi connectivity index (χ4n) is 4.84. The van der Waals surface area contributed by atoms with Crippen LogP contribution in [0, 0.1) is 0 Å². The summed E-state index contributed by atoms with van der Waals surface area (Å²) in [6.07, 6.45) is 5.71. The van der Waals surface area contributed by atoms with Crippen molar-refractivity contribution >= 4 is 93.1 Å². The van der Waals surface area contributed by atoms with Gasteiger partial charge in [-0.2, -0.15) is 0 Å². The minimum Gasteiger partial charge on any atom is -0.426 e. The minimum atomic E-state index is -0.451. The number of carbonyl (C=O) groups is 6. The summed E-state index contributed by atoms with van der Waals surface area (Å²) >= 11 is 14.0. The van der Waals surface area contributed by atoms with Crippen molar-refractivity contribution in [1.29, 1.82) is 0 Å². The average Bonchev–Trinajstić information content (AvgIpc) is 3.63. The molecular formula is C39H30Cl2N2O8S2. The average molecular weight is 790 g/mol. The molecule has 2 heterocycles. The van der Waals surface area contributed by atoms with Crippen LogP contribution in [0.4, 0.5) is 9.59 Å². The molecule has 2 N–H and O–H groups in total. The lowest BCUT2D eigenvalue weighted by molar-refractivity contribution is -0.135. The van der Waals surface area contributed by atoms with E-state index in [2.05, 4.69) is 10.6 Å². The van der Waals surface area contributed by atoms with Crippen LogP contribution < -0.4 is 20.1 Å². The van der Waals surface area contributed by atoms with E-state index in [4.69, 9.17) is 32.7 Å². The first-order chi connectivity index (χ1) is 25.5. The molecular weight excluding hydrogens is 759 g/mol. The van der Waals surface area contributed by atoms with E-state index >= 15 is 0 Å². The van der Waals surface area contributed by atoms with Gasteiger partial charge in [0.15, 0.2) is 0 Å². The van der Waals surface area contributed by atoms with Gasteiger partial charge in [0.25, 0.3) is 22.3 Å². The zero-order valence-electron chi connectivity index (χ0n) is 27.8. The van der Waals surface area contributed by atoms with Gasteiger partial charge in [-0.1, -0.05) is 83.9 Å². The van der Waals surface area contributed by atoms with Crippen molar-refractivity contribution in [3.63, 3.8) is 0 Å². The van der Waals surface area contributed by atoms with E-state index in [1.165, 1.54) is 29.8 Å². The maximum atomic E-state index is 12.0. The lowest BCUT2D eigenvalue weighted by Crippen LogP contribution is -2.17. The summed E-state index contributed by atoms with van der Waals surface area (Å²) in [6.45, 7) is 0. The minimum absolute atomic E-state index is 0.256. The standard InChI is InChI=1S/C20H16ClNO4S.C19H14ClNO4S/c21-16-12-15(10-9-14(16)11-17-19(24)22-20(25)27-17)26-18(23)8-4-7-13-5-2-1-3-6-13;20-15-11-14(25-17(22)9-6-12-4-2-1-3-5-12)8-7-13(15)10-16-18(23)21-19(24)26-16/h1-3,5-6,9-12H,4,7-8H2,(H,22,24,25);1-5,7-8,10-11H,6,9H2,(H,21,23,24)/b17-11-;16-10-. The number of imide groups is 2. The van der Waals surface area contributed by atoms with Crippen LogP contribution >= 0.6 is 46.7 Å². The van der Waals surface area contributed by atoms with Gasteiger partial charge in [0, 0.05) is 25.0 Å². The molecule has 10 nitrogen and oxygen atoms in total. The highest BCUT2D eigenvalue weighted by Gasteiger charge is 2.26. The van der Waals surface area contributed by atoms with Gasteiger partial charge in [0.1, 0.15) is 11.5 Å². The van der Waals surface area contributed by atoms with Crippen molar-refractivity contribution < 1.29 is 38.2 Å². The maximum absolute atomic E-state index is 12.0. The topological polar surface area (TPSA) is 145 Å². The number of hydrogen-bond donors (Lipinski definition) is 2. The van der Waals surface area contributed by atoms with E-state index in [1.807, 2.05) is 60.7 Å². The first kappa shape index (κ1) is 39.1. The Morgan fingerprint density at radius 1 is 0.585 bits per heavy atom. The van der Waals surface area contributed by atoms with E-state index < -0.39 is 22.3 Å². The summed E-state index contributed by atoms with van der Waals surface area (Å²) in [5, 5.41) is 4.17. The van der Waals surface area contributed by atoms with E-state index in [-0.39, 0.29) is 28.2 Å². The Labute approximate surface area is 323 Å². The number of aryl methyl sites for hydroxylation is 2. The molecule has 0 saturated carbocycles. The molecule has 0 aromatic heterocycles. The molecule has 4 amide bonds. The number of esters is 2. The lowest BCUT2D eigenvalue weighted by atomic mass is 10.1. The molecule has 0 aliphatic carbocycles. The van der Waals surface area contributed by atoms with Gasteiger partial charge in [0.2, 0.25) is 0 Å². The zero-order chi connectivity index (χ0) is 37.7. The van der Waals surface area contributed by atoms with Crippen LogP contribution in [-0.4, -0.2) is 34.2 Å². The number of carbonyl (C=O) groups excluding carboxylic acids is 6. The van der Waals surface area contributed by atoms with E-state index in [0.717, 1.165) is 35.5 Å². The van der Waals surface area contributed by atoms with Crippen molar-refractivity contribution in [2.75, 3.05) is 0 Å². The highest BCUT2D eigenvalue weighted by Crippen LogP contribution is 2.31. The fraction of sp³-hybridized carbons (Fsp3) is 0.128. The third kappa shape index (κ3) is 12.2. The Morgan fingerprint density at radius 2 is 1.02 bits per heavy atom. The molecule has 2 fully saturated rings. The largest absolute Gasteiger partial charge is 0.426 e. The summed E-state index contributed by atoms with van der Waals surface area (Å²) in [4.78, 5) is 70.0. The zero-order valence-corrected chi connectivity index (χ0v) is 30.9. The van der Waals surface area contributed by atoms with Crippen molar-refractivity contribution in [2.45, 2.75) is 32.1 Å². The second-order valence-corrected chi connectivity index (χ2v) is 14.2. The summed E-state index contributed by atoms with van der Waals surface area (Å²) in [5.41, 5.74) is 3.36. The predicted octanol–water partition coefficient (Wildman–Crippen LogP) is 8.79. The third-order valence-electron chi connectivity index (χ3n) is 7.41. The Morgan fingerprint density at radius 3 is 1.43 bits per heavy atom. The van der Waals surface area contributed by atoms with Crippen LogP contribution in [0.2, 0.25) is 10.0 Å². The Balaban J connectivity index is 0.000000204. The normalized spacial score (nSPS) is 15.1. The summed E-state index contributed by atoms with van der Waals surface area (Å²) in [7, 11) is 0. The fourth-order valence-corrected chi connectivity index (χ4v) is 6.64. The molecule has 0 radical (unpaired) electrons. The number of amides is 4. The number of rotatable bonds is 11. The Kier molecular flexibility index (Phi) is 14.1. The molecule has 6 rings (SSSR count).